The lowest BCUT2D eigenvalue weighted by atomic mass is 10.1. The number of rotatable bonds is 11. The predicted octanol–water partition coefficient (Wildman–Crippen LogP) is 6.28. The van der Waals surface area contributed by atoms with Gasteiger partial charge in [0.2, 0.25) is 0 Å². The number of epoxide rings is 2. The molecule has 4 atom stereocenters. The van der Waals surface area contributed by atoms with Gasteiger partial charge in [-0.2, -0.15) is 0 Å². The first-order valence-electron chi connectivity index (χ1n) is 14.8. The van der Waals surface area contributed by atoms with Crippen molar-refractivity contribution in [2.45, 2.75) is 38.3 Å². The second-order valence-corrected chi connectivity index (χ2v) is 10.8. The van der Waals surface area contributed by atoms with Crippen LogP contribution in [0.1, 0.15) is 36.1 Å². The molecule has 0 amide bonds. The molecular formula is C38H34O6. The Bertz CT molecular complexity index is 1500. The minimum absolute atomic E-state index is 0.164. The van der Waals surface area contributed by atoms with E-state index in [2.05, 4.69) is 23.7 Å². The Balaban J connectivity index is 0.951. The van der Waals surface area contributed by atoms with Crippen LogP contribution in [-0.2, 0) is 9.47 Å². The molecule has 0 aliphatic carbocycles. The Morgan fingerprint density at radius 1 is 0.500 bits per heavy atom. The SMILES string of the molecule is CC(Oc1ccc(C#Cc2ccc(OCC3CO3)cc2)cc1)C(C)Oc1ccc(C#Cc2ccc(OCC3CO3)cc2)cc1. The summed E-state index contributed by atoms with van der Waals surface area (Å²) in [6.07, 6.45) is 0.159. The highest BCUT2D eigenvalue weighted by Crippen LogP contribution is 2.20. The number of benzene rings is 4. The summed E-state index contributed by atoms with van der Waals surface area (Å²) in [6.45, 7) is 6.76. The predicted molar refractivity (Wildman–Crippen MR) is 168 cm³/mol. The average Bonchev–Trinajstić information content (AvgIpc) is 3.99. The zero-order chi connectivity index (χ0) is 30.1. The molecule has 2 heterocycles. The zero-order valence-corrected chi connectivity index (χ0v) is 24.8. The second-order valence-electron chi connectivity index (χ2n) is 10.8. The van der Waals surface area contributed by atoms with Crippen molar-refractivity contribution in [3.8, 4) is 46.7 Å². The zero-order valence-electron chi connectivity index (χ0n) is 24.8. The lowest BCUT2D eigenvalue weighted by Crippen LogP contribution is -2.31. The van der Waals surface area contributed by atoms with E-state index >= 15 is 0 Å². The summed E-state index contributed by atoms with van der Waals surface area (Å²) in [6, 6.07) is 31.1. The summed E-state index contributed by atoms with van der Waals surface area (Å²) >= 11 is 0. The largest absolute Gasteiger partial charge is 0.491 e. The Hall–Kier alpha value is -4.88. The third-order valence-electron chi connectivity index (χ3n) is 7.10. The van der Waals surface area contributed by atoms with Crippen LogP contribution in [0.25, 0.3) is 0 Å². The standard InChI is InChI=1S/C38H34O6/c1-27(43-35-19-11-31(12-20-35)5-3-29-7-15-33(16-8-29)39-23-37-25-41-37)28(2)44-36-21-13-32(14-22-36)6-4-30-9-17-34(18-10-30)40-24-38-26-42-38/h7-22,27-28,37-38H,23-26H2,1-2H3. The van der Waals surface area contributed by atoms with Gasteiger partial charge in [0.05, 0.1) is 13.2 Å². The van der Waals surface area contributed by atoms with E-state index in [1.807, 2.05) is 111 Å². The fraction of sp³-hybridized carbons (Fsp3) is 0.263. The van der Waals surface area contributed by atoms with Gasteiger partial charge >= 0.3 is 0 Å². The van der Waals surface area contributed by atoms with Crippen molar-refractivity contribution in [3.05, 3.63) is 119 Å². The Morgan fingerprint density at radius 3 is 1.05 bits per heavy atom. The smallest absolute Gasteiger partial charge is 0.132 e. The van der Waals surface area contributed by atoms with Crippen LogP contribution in [0.4, 0.5) is 0 Å². The highest BCUT2D eigenvalue weighted by atomic mass is 16.6. The molecule has 0 N–H and O–H groups in total. The third-order valence-corrected chi connectivity index (χ3v) is 7.10. The first kappa shape index (κ1) is 29.2. The van der Waals surface area contributed by atoms with Gasteiger partial charge < -0.3 is 28.4 Å². The van der Waals surface area contributed by atoms with E-state index < -0.39 is 0 Å². The van der Waals surface area contributed by atoms with Crippen molar-refractivity contribution in [2.75, 3.05) is 26.4 Å². The summed E-state index contributed by atoms with van der Waals surface area (Å²) in [5.74, 6) is 16.0. The van der Waals surface area contributed by atoms with Gasteiger partial charge in [-0.25, -0.2) is 0 Å². The van der Waals surface area contributed by atoms with Crippen LogP contribution in [0.3, 0.4) is 0 Å². The van der Waals surface area contributed by atoms with Crippen LogP contribution >= 0.6 is 0 Å². The monoisotopic (exact) mass is 586 g/mol. The van der Waals surface area contributed by atoms with E-state index in [1.54, 1.807) is 0 Å². The van der Waals surface area contributed by atoms with Gasteiger partial charge in [0.15, 0.2) is 0 Å². The van der Waals surface area contributed by atoms with Crippen molar-refractivity contribution >= 4 is 0 Å². The number of hydrogen-bond acceptors (Lipinski definition) is 6. The van der Waals surface area contributed by atoms with Crippen LogP contribution in [-0.4, -0.2) is 50.8 Å². The van der Waals surface area contributed by atoms with Crippen molar-refractivity contribution in [3.63, 3.8) is 0 Å². The third kappa shape index (κ3) is 9.06. The molecule has 44 heavy (non-hydrogen) atoms. The molecule has 0 radical (unpaired) electrons. The van der Waals surface area contributed by atoms with E-state index in [1.165, 1.54) is 0 Å². The maximum atomic E-state index is 6.14. The van der Waals surface area contributed by atoms with Crippen molar-refractivity contribution in [2.24, 2.45) is 0 Å². The van der Waals surface area contributed by atoms with Crippen molar-refractivity contribution in [1.82, 2.24) is 0 Å². The van der Waals surface area contributed by atoms with Crippen molar-refractivity contribution in [1.29, 1.82) is 0 Å². The lowest BCUT2D eigenvalue weighted by Gasteiger charge is -2.23. The molecule has 2 aliphatic heterocycles. The van der Waals surface area contributed by atoms with Crippen LogP contribution in [0.2, 0.25) is 0 Å². The summed E-state index contributed by atoms with van der Waals surface area (Å²) in [7, 11) is 0. The fourth-order valence-electron chi connectivity index (χ4n) is 4.12. The van der Waals surface area contributed by atoms with E-state index in [9.17, 15) is 0 Å². The van der Waals surface area contributed by atoms with Crippen LogP contribution < -0.4 is 18.9 Å². The number of hydrogen-bond donors (Lipinski definition) is 0. The lowest BCUT2D eigenvalue weighted by molar-refractivity contribution is 0.0779. The highest BCUT2D eigenvalue weighted by Gasteiger charge is 2.23. The van der Waals surface area contributed by atoms with E-state index in [4.69, 9.17) is 28.4 Å². The van der Waals surface area contributed by atoms with Gasteiger partial charge in [0.1, 0.15) is 60.6 Å². The van der Waals surface area contributed by atoms with Gasteiger partial charge in [-0.1, -0.05) is 23.7 Å². The second kappa shape index (κ2) is 14.1. The van der Waals surface area contributed by atoms with Gasteiger partial charge in [-0.3, -0.25) is 0 Å². The molecule has 6 rings (SSSR count). The number of ether oxygens (including phenoxy) is 6. The quantitative estimate of drug-likeness (QED) is 0.152. The minimum Gasteiger partial charge on any atom is -0.491 e. The molecule has 0 aromatic heterocycles. The molecule has 4 aromatic rings. The first-order valence-corrected chi connectivity index (χ1v) is 14.8. The van der Waals surface area contributed by atoms with E-state index in [-0.39, 0.29) is 24.4 Å². The van der Waals surface area contributed by atoms with Gasteiger partial charge in [-0.15, -0.1) is 0 Å². The summed E-state index contributed by atoms with van der Waals surface area (Å²) in [5.41, 5.74) is 3.68. The van der Waals surface area contributed by atoms with Crippen LogP contribution in [0.5, 0.6) is 23.0 Å². The fourth-order valence-corrected chi connectivity index (χ4v) is 4.12. The van der Waals surface area contributed by atoms with Crippen LogP contribution in [0, 0.1) is 23.7 Å². The summed E-state index contributed by atoms with van der Waals surface area (Å²) in [5, 5.41) is 0. The van der Waals surface area contributed by atoms with Crippen LogP contribution in [0.15, 0.2) is 97.1 Å². The maximum absolute atomic E-state index is 6.14. The molecule has 2 fully saturated rings. The Labute approximate surface area is 258 Å². The Morgan fingerprint density at radius 2 is 0.773 bits per heavy atom. The van der Waals surface area contributed by atoms with Gasteiger partial charge in [0.25, 0.3) is 0 Å². The topological polar surface area (TPSA) is 62.0 Å². The molecule has 2 aliphatic rings. The summed E-state index contributed by atoms with van der Waals surface area (Å²) < 4.78 is 34.0. The van der Waals surface area contributed by atoms with Gasteiger partial charge in [0, 0.05) is 22.3 Å². The molecule has 0 bridgehead atoms. The minimum atomic E-state index is -0.164. The first-order chi connectivity index (χ1) is 21.6. The Kier molecular flexibility index (Phi) is 9.33. The average molecular weight is 587 g/mol. The van der Waals surface area contributed by atoms with E-state index in [0.29, 0.717) is 13.2 Å². The molecular weight excluding hydrogens is 552 g/mol. The highest BCUT2D eigenvalue weighted by molar-refractivity contribution is 5.47. The molecule has 6 heteroatoms. The normalized spacial score (nSPS) is 17.5. The maximum Gasteiger partial charge on any atom is 0.132 e. The molecule has 4 unspecified atom stereocenters. The molecule has 222 valence electrons. The molecule has 0 saturated carbocycles. The summed E-state index contributed by atoms with van der Waals surface area (Å²) in [4.78, 5) is 0. The molecule has 6 nitrogen and oxygen atoms in total. The van der Waals surface area contributed by atoms with Gasteiger partial charge in [-0.05, 0) is 111 Å². The molecule has 4 aromatic carbocycles. The molecule has 0 spiro atoms. The van der Waals surface area contributed by atoms with Crippen molar-refractivity contribution < 1.29 is 28.4 Å². The molecule has 2 saturated heterocycles. The van der Waals surface area contributed by atoms with E-state index in [0.717, 1.165) is 58.5 Å².